The third-order valence-corrected chi connectivity index (χ3v) is 4.22. The van der Waals surface area contributed by atoms with Gasteiger partial charge >= 0.3 is 0 Å². The number of aromatic amines is 1. The number of nitrogens with two attached hydrogens (primary N) is 1. The number of aryl methyl sites for hydroxylation is 2. The number of rotatable bonds is 4. The Morgan fingerprint density at radius 3 is 2.80 bits per heavy atom. The molecule has 4 rings (SSSR count). The second kappa shape index (κ2) is 5.90. The molecule has 0 aliphatic carbocycles. The summed E-state index contributed by atoms with van der Waals surface area (Å²) in [7, 11) is 0. The van der Waals surface area contributed by atoms with Crippen molar-refractivity contribution in [3.05, 3.63) is 65.6 Å². The summed E-state index contributed by atoms with van der Waals surface area (Å²) in [5.41, 5.74) is 9.43. The molecule has 0 radical (unpaired) electrons. The number of H-pyrrole nitrogens is 1. The summed E-state index contributed by atoms with van der Waals surface area (Å²) in [6, 6.07) is 14.8. The average molecular weight is 331 g/mol. The van der Waals surface area contributed by atoms with Gasteiger partial charge in [-0.1, -0.05) is 18.2 Å². The van der Waals surface area contributed by atoms with Crippen LogP contribution in [0.2, 0.25) is 0 Å². The quantitative estimate of drug-likeness (QED) is 0.340. The number of amidine groups is 1. The Labute approximate surface area is 143 Å². The standard InChI is InChI=1S/C19H17N5O/c20-19(21)12-5-8-14-15(10-12)24-17(23-14)9-7-13-6-4-11-2-1-3-16(25)18(11)22-13/h1-6,8,10,25H,7,9H2,(H3,20,21)(H,23,24). The zero-order valence-electron chi connectivity index (χ0n) is 13.5. The Morgan fingerprint density at radius 2 is 1.96 bits per heavy atom. The van der Waals surface area contributed by atoms with Gasteiger partial charge in [-0.25, -0.2) is 9.97 Å². The van der Waals surface area contributed by atoms with E-state index in [2.05, 4.69) is 15.0 Å². The molecule has 0 unspecified atom stereocenters. The molecule has 0 saturated carbocycles. The minimum absolute atomic E-state index is 0.0339. The van der Waals surface area contributed by atoms with Crippen LogP contribution in [0.25, 0.3) is 21.9 Å². The molecule has 124 valence electrons. The molecule has 0 aliphatic heterocycles. The van der Waals surface area contributed by atoms with Crippen LogP contribution < -0.4 is 5.73 Å². The summed E-state index contributed by atoms with van der Waals surface area (Å²) in [6.07, 6.45) is 1.42. The summed E-state index contributed by atoms with van der Waals surface area (Å²) >= 11 is 0. The normalized spacial score (nSPS) is 11.2. The van der Waals surface area contributed by atoms with Crippen LogP contribution in [0.1, 0.15) is 17.1 Å². The Balaban J connectivity index is 1.57. The van der Waals surface area contributed by atoms with E-state index >= 15 is 0 Å². The van der Waals surface area contributed by atoms with Crippen LogP contribution in [-0.4, -0.2) is 25.9 Å². The fourth-order valence-corrected chi connectivity index (χ4v) is 2.90. The van der Waals surface area contributed by atoms with E-state index in [9.17, 15) is 5.11 Å². The van der Waals surface area contributed by atoms with E-state index in [0.717, 1.165) is 27.9 Å². The number of aromatic nitrogens is 3. The number of fused-ring (bicyclic) bond motifs is 2. The van der Waals surface area contributed by atoms with Crippen LogP contribution in [0, 0.1) is 5.41 Å². The molecule has 0 atom stereocenters. The number of hydrogen-bond acceptors (Lipinski definition) is 4. The molecule has 5 N–H and O–H groups in total. The van der Waals surface area contributed by atoms with Crippen LogP contribution >= 0.6 is 0 Å². The van der Waals surface area contributed by atoms with Crippen LogP contribution in [0.15, 0.2) is 48.5 Å². The van der Waals surface area contributed by atoms with E-state index in [4.69, 9.17) is 11.1 Å². The highest BCUT2D eigenvalue weighted by atomic mass is 16.3. The molecule has 0 saturated heterocycles. The van der Waals surface area contributed by atoms with Crippen molar-refractivity contribution < 1.29 is 5.11 Å². The fourth-order valence-electron chi connectivity index (χ4n) is 2.90. The number of benzene rings is 2. The maximum Gasteiger partial charge on any atom is 0.141 e. The lowest BCUT2D eigenvalue weighted by Crippen LogP contribution is -2.10. The summed E-state index contributed by atoms with van der Waals surface area (Å²) in [5.74, 6) is 1.08. The third-order valence-electron chi connectivity index (χ3n) is 4.22. The van der Waals surface area contributed by atoms with Crippen molar-refractivity contribution in [2.24, 2.45) is 5.73 Å². The molecular formula is C19H17N5O. The number of nitrogens with zero attached hydrogens (tertiary/aromatic N) is 2. The molecule has 2 aromatic heterocycles. The van der Waals surface area contributed by atoms with Gasteiger partial charge in [0.2, 0.25) is 0 Å². The molecule has 0 amide bonds. The molecule has 6 heteroatoms. The maximum absolute atomic E-state index is 9.94. The Hall–Kier alpha value is -3.41. The minimum Gasteiger partial charge on any atom is -0.506 e. The second-order valence-corrected chi connectivity index (χ2v) is 5.98. The number of nitrogens with one attached hydrogen (secondary N) is 2. The monoisotopic (exact) mass is 331 g/mol. The predicted molar refractivity (Wildman–Crippen MR) is 97.9 cm³/mol. The van der Waals surface area contributed by atoms with Gasteiger partial charge < -0.3 is 15.8 Å². The molecule has 4 aromatic rings. The van der Waals surface area contributed by atoms with Gasteiger partial charge in [0.25, 0.3) is 0 Å². The molecule has 2 aromatic carbocycles. The Morgan fingerprint density at radius 1 is 1.08 bits per heavy atom. The van der Waals surface area contributed by atoms with E-state index in [1.807, 2.05) is 36.4 Å². The smallest absolute Gasteiger partial charge is 0.141 e. The molecule has 2 heterocycles. The van der Waals surface area contributed by atoms with E-state index < -0.39 is 0 Å². The summed E-state index contributed by atoms with van der Waals surface area (Å²) in [6.45, 7) is 0. The number of imidazole rings is 1. The zero-order valence-corrected chi connectivity index (χ0v) is 13.5. The van der Waals surface area contributed by atoms with Gasteiger partial charge in [0.1, 0.15) is 22.9 Å². The van der Waals surface area contributed by atoms with Crippen molar-refractivity contribution in [1.29, 1.82) is 5.41 Å². The maximum atomic E-state index is 9.94. The van der Waals surface area contributed by atoms with E-state index in [1.165, 1.54) is 0 Å². The number of pyridine rings is 1. The van der Waals surface area contributed by atoms with Crippen molar-refractivity contribution in [2.75, 3.05) is 0 Å². The fraction of sp³-hybridized carbons (Fsp3) is 0.105. The summed E-state index contributed by atoms with van der Waals surface area (Å²) < 4.78 is 0. The Kier molecular flexibility index (Phi) is 3.57. The first-order valence-electron chi connectivity index (χ1n) is 8.01. The van der Waals surface area contributed by atoms with Crippen molar-refractivity contribution >= 4 is 27.8 Å². The van der Waals surface area contributed by atoms with E-state index in [1.54, 1.807) is 12.1 Å². The van der Waals surface area contributed by atoms with Crippen LogP contribution in [-0.2, 0) is 12.8 Å². The van der Waals surface area contributed by atoms with E-state index in [-0.39, 0.29) is 11.6 Å². The average Bonchev–Trinajstić information content (AvgIpc) is 3.02. The van der Waals surface area contributed by atoms with Gasteiger partial charge in [-0.15, -0.1) is 0 Å². The zero-order chi connectivity index (χ0) is 17.4. The number of hydrogen-bond donors (Lipinski definition) is 4. The van der Waals surface area contributed by atoms with E-state index in [0.29, 0.717) is 23.9 Å². The first-order chi connectivity index (χ1) is 12.1. The van der Waals surface area contributed by atoms with Gasteiger partial charge in [0.05, 0.1) is 11.0 Å². The third kappa shape index (κ3) is 2.89. The van der Waals surface area contributed by atoms with Crippen LogP contribution in [0.3, 0.4) is 0 Å². The number of nitrogen functional groups attached to an aromatic ring is 1. The molecule has 0 spiro atoms. The van der Waals surface area contributed by atoms with Crippen molar-refractivity contribution in [3.63, 3.8) is 0 Å². The molecule has 6 nitrogen and oxygen atoms in total. The first-order valence-corrected chi connectivity index (χ1v) is 8.01. The largest absolute Gasteiger partial charge is 0.506 e. The topological polar surface area (TPSA) is 112 Å². The van der Waals surface area contributed by atoms with Gasteiger partial charge in [-0.3, -0.25) is 5.41 Å². The van der Waals surface area contributed by atoms with Crippen molar-refractivity contribution in [1.82, 2.24) is 15.0 Å². The van der Waals surface area contributed by atoms with Gasteiger partial charge in [-0.05, 0) is 36.8 Å². The summed E-state index contributed by atoms with van der Waals surface area (Å²) in [4.78, 5) is 12.4. The number of phenols is 1. The van der Waals surface area contributed by atoms with Gasteiger partial charge in [0, 0.05) is 23.1 Å². The number of phenolic OH excluding ortho intramolecular Hbond substituents is 1. The molecule has 0 fully saturated rings. The van der Waals surface area contributed by atoms with Crippen molar-refractivity contribution in [3.8, 4) is 5.75 Å². The molecule has 25 heavy (non-hydrogen) atoms. The predicted octanol–water partition coefficient (Wildman–Crippen LogP) is 2.89. The second-order valence-electron chi connectivity index (χ2n) is 5.98. The Bertz CT molecular complexity index is 1100. The molecule has 0 aliphatic rings. The SMILES string of the molecule is N=C(N)c1ccc2[nH]c(CCc3ccc4cccc(O)c4n3)nc2c1. The van der Waals surface area contributed by atoms with Crippen LogP contribution in [0.4, 0.5) is 0 Å². The van der Waals surface area contributed by atoms with Gasteiger partial charge in [0.15, 0.2) is 0 Å². The van der Waals surface area contributed by atoms with Gasteiger partial charge in [-0.2, -0.15) is 0 Å². The van der Waals surface area contributed by atoms with Crippen molar-refractivity contribution in [2.45, 2.75) is 12.8 Å². The first kappa shape index (κ1) is 15.1. The lowest BCUT2D eigenvalue weighted by molar-refractivity contribution is 0.480. The highest BCUT2D eigenvalue weighted by molar-refractivity contribution is 5.97. The minimum atomic E-state index is 0.0339. The lowest BCUT2D eigenvalue weighted by atomic mass is 10.1. The number of para-hydroxylation sites is 1. The number of aromatic hydroxyl groups is 1. The highest BCUT2D eigenvalue weighted by Crippen LogP contribution is 2.23. The highest BCUT2D eigenvalue weighted by Gasteiger charge is 2.07. The van der Waals surface area contributed by atoms with Crippen LogP contribution in [0.5, 0.6) is 5.75 Å². The molecular weight excluding hydrogens is 314 g/mol. The molecule has 0 bridgehead atoms. The lowest BCUT2D eigenvalue weighted by Gasteiger charge is -2.03. The summed E-state index contributed by atoms with van der Waals surface area (Å²) in [5, 5.41) is 18.4.